The summed E-state index contributed by atoms with van der Waals surface area (Å²) in [6, 6.07) is 21.0. The highest BCUT2D eigenvalue weighted by atomic mass is 79.9. The summed E-state index contributed by atoms with van der Waals surface area (Å²) in [5.41, 5.74) is 2.40. The molecule has 0 saturated carbocycles. The number of hydrogen-bond acceptors (Lipinski definition) is 2. The largest absolute Gasteiger partial charge is 1.00 e. The lowest BCUT2D eigenvalue weighted by molar-refractivity contribution is -0.128. The molecule has 25 heavy (non-hydrogen) atoms. The molecule has 0 N–H and O–H groups in total. The Balaban J connectivity index is 0.00000225. The summed E-state index contributed by atoms with van der Waals surface area (Å²) >= 11 is 3.40. The lowest BCUT2D eigenvalue weighted by atomic mass is 9.71. The fraction of sp³-hybridized carbons (Fsp3) is 0.381. The van der Waals surface area contributed by atoms with E-state index in [4.69, 9.17) is 0 Å². The number of ketones is 1. The molecule has 2 nitrogen and oxygen atoms in total. The molecule has 0 atom stereocenters. The van der Waals surface area contributed by atoms with Gasteiger partial charge < -0.3 is 17.0 Å². The Morgan fingerprint density at radius 2 is 1.44 bits per heavy atom. The summed E-state index contributed by atoms with van der Waals surface area (Å²) < 4.78 is 0. The van der Waals surface area contributed by atoms with Gasteiger partial charge in [-0.2, -0.15) is 0 Å². The van der Waals surface area contributed by atoms with Crippen LogP contribution in [0.4, 0.5) is 0 Å². The SMILES string of the molecule is O=C(CBr)C1(Cc2ccccc2)CCN(Cc2ccccc2)CC1.[Br-]. The molecule has 4 heteroatoms. The van der Waals surface area contributed by atoms with E-state index in [-0.39, 0.29) is 22.4 Å². The molecule has 2 aromatic rings. The van der Waals surface area contributed by atoms with Crippen LogP contribution < -0.4 is 17.0 Å². The average molecular weight is 466 g/mol. The summed E-state index contributed by atoms with van der Waals surface area (Å²) in [5, 5.41) is 0.457. The first-order chi connectivity index (χ1) is 11.7. The average Bonchev–Trinajstić information content (AvgIpc) is 2.64. The fourth-order valence-electron chi connectivity index (χ4n) is 3.66. The van der Waals surface area contributed by atoms with Crippen molar-refractivity contribution in [3.63, 3.8) is 0 Å². The minimum Gasteiger partial charge on any atom is -1.00 e. The molecule has 2 aromatic carbocycles. The third kappa shape index (κ3) is 5.25. The first kappa shape index (κ1) is 20.3. The van der Waals surface area contributed by atoms with E-state index in [2.05, 4.69) is 75.4 Å². The van der Waals surface area contributed by atoms with Crippen LogP contribution in [0, 0.1) is 5.41 Å². The Bertz CT molecular complexity index is 652. The molecular formula is C21H24Br2NO-. The smallest absolute Gasteiger partial charge is 0.149 e. The van der Waals surface area contributed by atoms with E-state index < -0.39 is 0 Å². The second-order valence-electron chi connectivity index (χ2n) is 6.76. The van der Waals surface area contributed by atoms with E-state index in [1.165, 1.54) is 11.1 Å². The van der Waals surface area contributed by atoms with Crippen LogP contribution in [0.1, 0.15) is 24.0 Å². The van der Waals surface area contributed by atoms with Gasteiger partial charge in [0.15, 0.2) is 0 Å². The molecule has 1 aliphatic rings. The Morgan fingerprint density at radius 1 is 0.920 bits per heavy atom. The quantitative estimate of drug-likeness (QED) is 0.602. The lowest BCUT2D eigenvalue weighted by Gasteiger charge is -2.41. The van der Waals surface area contributed by atoms with Gasteiger partial charge in [0.1, 0.15) is 5.78 Å². The van der Waals surface area contributed by atoms with Crippen molar-refractivity contribution in [3.05, 3.63) is 71.8 Å². The van der Waals surface area contributed by atoms with Crippen molar-refractivity contribution in [2.24, 2.45) is 5.41 Å². The molecule has 0 amide bonds. The summed E-state index contributed by atoms with van der Waals surface area (Å²) in [5.74, 6) is 0.353. The maximum Gasteiger partial charge on any atom is 0.149 e. The molecule has 1 heterocycles. The van der Waals surface area contributed by atoms with E-state index in [0.29, 0.717) is 11.1 Å². The number of halogens is 2. The highest BCUT2D eigenvalue weighted by molar-refractivity contribution is 9.09. The van der Waals surface area contributed by atoms with Gasteiger partial charge in [-0.05, 0) is 43.5 Å². The van der Waals surface area contributed by atoms with Gasteiger partial charge in [-0.25, -0.2) is 0 Å². The summed E-state index contributed by atoms with van der Waals surface area (Å²) in [4.78, 5) is 15.2. The minimum absolute atomic E-state index is 0. The lowest BCUT2D eigenvalue weighted by Crippen LogP contribution is -3.00. The van der Waals surface area contributed by atoms with Crippen molar-refractivity contribution in [3.8, 4) is 0 Å². The molecule has 0 unspecified atom stereocenters. The Morgan fingerprint density at radius 3 is 1.96 bits per heavy atom. The van der Waals surface area contributed by atoms with E-state index in [0.717, 1.165) is 38.9 Å². The molecule has 0 radical (unpaired) electrons. The summed E-state index contributed by atoms with van der Waals surface area (Å²) in [7, 11) is 0. The highest BCUT2D eigenvalue weighted by Gasteiger charge is 2.40. The number of carbonyl (C=O) groups excluding carboxylic acids is 1. The number of Topliss-reactive ketones (excluding diaryl/α,β-unsaturated/α-hetero) is 1. The highest BCUT2D eigenvalue weighted by Crippen LogP contribution is 2.37. The van der Waals surface area contributed by atoms with E-state index in [1.54, 1.807) is 0 Å². The molecule has 0 bridgehead atoms. The second-order valence-corrected chi connectivity index (χ2v) is 7.32. The van der Waals surface area contributed by atoms with E-state index in [9.17, 15) is 4.79 Å². The van der Waals surface area contributed by atoms with Crippen molar-refractivity contribution in [1.29, 1.82) is 0 Å². The van der Waals surface area contributed by atoms with Gasteiger partial charge in [-0.15, -0.1) is 0 Å². The molecule has 1 aliphatic heterocycles. The summed E-state index contributed by atoms with van der Waals surface area (Å²) in [6.45, 7) is 2.95. The number of carbonyl (C=O) groups is 1. The van der Waals surface area contributed by atoms with Gasteiger partial charge in [-0.3, -0.25) is 9.69 Å². The number of rotatable bonds is 6. The normalized spacial score (nSPS) is 16.8. The third-order valence-corrected chi connectivity index (χ3v) is 5.67. The zero-order valence-corrected chi connectivity index (χ0v) is 17.5. The number of piperidine rings is 1. The van der Waals surface area contributed by atoms with Crippen LogP contribution in [-0.2, 0) is 17.8 Å². The molecule has 0 aliphatic carbocycles. The van der Waals surface area contributed by atoms with E-state index in [1.807, 2.05) is 6.07 Å². The van der Waals surface area contributed by atoms with Crippen molar-refractivity contribution in [2.45, 2.75) is 25.8 Å². The zero-order valence-electron chi connectivity index (χ0n) is 14.3. The molecule has 0 spiro atoms. The third-order valence-electron chi connectivity index (χ3n) is 5.16. The Hall–Kier alpha value is -0.970. The fourth-order valence-corrected chi connectivity index (χ4v) is 4.26. The number of nitrogens with zero attached hydrogens (tertiary/aromatic N) is 1. The first-order valence-corrected chi connectivity index (χ1v) is 9.73. The number of hydrogen-bond donors (Lipinski definition) is 0. The van der Waals surface area contributed by atoms with E-state index >= 15 is 0 Å². The topological polar surface area (TPSA) is 20.3 Å². The molecule has 134 valence electrons. The van der Waals surface area contributed by atoms with Gasteiger partial charge in [0.25, 0.3) is 0 Å². The van der Waals surface area contributed by atoms with Crippen LogP contribution in [0.5, 0.6) is 0 Å². The number of benzene rings is 2. The Kier molecular flexibility index (Phi) is 7.85. The second kappa shape index (κ2) is 9.65. The van der Waals surface area contributed by atoms with Crippen LogP contribution >= 0.6 is 15.9 Å². The van der Waals surface area contributed by atoms with Crippen molar-refractivity contribution in [2.75, 3.05) is 18.4 Å². The van der Waals surface area contributed by atoms with Gasteiger partial charge in [-0.1, -0.05) is 76.6 Å². The summed E-state index contributed by atoms with van der Waals surface area (Å²) in [6.07, 6.45) is 2.75. The number of alkyl halides is 1. The maximum atomic E-state index is 12.7. The van der Waals surface area contributed by atoms with Crippen LogP contribution in [0.25, 0.3) is 0 Å². The standard InChI is InChI=1S/C21H24BrNO.BrH/c22-16-20(24)21(15-18-7-3-1-4-8-18)11-13-23(14-12-21)17-19-9-5-2-6-10-19;/h1-10H,11-17H2;1H/p-1. The Labute approximate surface area is 169 Å². The van der Waals surface area contributed by atoms with Crippen LogP contribution in [-0.4, -0.2) is 29.1 Å². The molecular weight excluding hydrogens is 442 g/mol. The maximum absolute atomic E-state index is 12.7. The molecule has 3 rings (SSSR count). The van der Waals surface area contributed by atoms with Gasteiger partial charge in [0, 0.05) is 12.0 Å². The number of likely N-dealkylation sites (tertiary alicyclic amines) is 1. The predicted molar refractivity (Wildman–Crippen MR) is 102 cm³/mol. The monoisotopic (exact) mass is 464 g/mol. The van der Waals surface area contributed by atoms with Crippen molar-refractivity contribution in [1.82, 2.24) is 4.90 Å². The van der Waals surface area contributed by atoms with Crippen LogP contribution in [0.2, 0.25) is 0 Å². The first-order valence-electron chi connectivity index (χ1n) is 8.61. The predicted octanol–water partition coefficient (Wildman–Crippen LogP) is 1.48. The van der Waals surface area contributed by atoms with Gasteiger partial charge in [0.2, 0.25) is 0 Å². The van der Waals surface area contributed by atoms with Gasteiger partial charge in [0.05, 0.1) is 5.33 Å². The zero-order chi connectivity index (χ0) is 16.8. The van der Waals surface area contributed by atoms with Crippen molar-refractivity contribution < 1.29 is 21.8 Å². The molecule has 1 saturated heterocycles. The van der Waals surface area contributed by atoms with Crippen LogP contribution in [0.15, 0.2) is 60.7 Å². The van der Waals surface area contributed by atoms with Gasteiger partial charge >= 0.3 is 0 Å². The van der Waals surface area contributed by atoms with Crippen LogP contribution in [0.3, 0.4) is 0 Å². The minimum atomic E-state index is -0.210. The molecule has 1 fully saturated rings. The van der Waals surface area contributed by atoms with Crippen molar-refractivity contribution >= 4 is 21.7 Å². The molecule has 0 aromatic heterocycles.